The van der Waals surface area contributed by atoms with Crippen molar-refractivity contribution in [2.75, 3.05) is 18.0 Å². The first-order valence-electron chi connectivity index (χ1n) is 6.07. The van der Waals surface area contributed by atoms with E-state index in [1.807, 2.05) is 6.92 Å². The molecule has 0 aromatic heterocycles. The van der Waals surface area contributed by atoms with Crippen LogP contribution in [0.2, 0.25) is 0 Å². The highest BCUT2D eigenvalue weighted by Gasteiger charge is 2.22. The Morgan fingerprint density at radius 2 is 2.28 bits per heavy atom. The van der Waals surface area contributed by atoms with Gasteiger partial charge in [-0.3, -0.25) is 10.1 Å². The van der Waals surface area contributed by atoms with Crippen LogP contribution in [-0.4, -0.2) is 24.3 Å². The molecule has 2 rings (SSSR count). The summed E-state index contributed by atoms with van der Waals surface area (Å²) in [4.78, 5) is 23.4. The molecule has 0 spiro atoms. The van der Waals surface area contributed by atoms with E-state index in [1.165, 1.54) is 6.07 Å². The molecule has 1 atom stereocenters. The van der Waals surface area contributed by atoms with Crippen molar-refractivity contribution in [3.05, 3.63) is 33.9 Å². The van der Waals surface area contributed by atoms with Gasteiger partial charge in [-0.1, -0.05) is 6.07 Å². The van der Waals surface area contributed by atoms with Crippen LogP contribution in [0.15, 0.2) is 18.2 Å². The van der Waals surface area contributed by atoms with Gasteiger partial charge >= 0.3 is 0 Å². The highest BCUT2D eigenvalue weighted by molar-refractivity contribution is 5.61. The average Bonchev–Trinajstić information content (AvgIpc) is 2.39. The van der Waals surface area contributed by atoms with Crippen LogP contribution in [0.25, 0.3) is 0 Å². The molecule has 0 aliphatic carbocycles. The minimum atomic E-state index is -0.385. The fourth-order valence-electron chi connectivity index (χ4n) is 2.39. The fourth-order valence-corrected chi connectivity index (χ4v) is 2.39. The summed E-state index contributed by atoms with van der Waals surface area (Å²) in [5.41, 5.74) is 1.98. The van der Waals surface area contributed by atoms with Crippen molar-refractivity contribution in [1.82, 2.24) is 0 Å². The van der Waals surface area contributed by atoms with Crippen molar-refractivity contribution < 1.29 is 9.72 Å². The molecule has 1 aromatic carbocycles. The van der Waals surface area contributed by atoms with Gasteiger partial charge < -0.3 is 9.69 Å². The molecule has 0 saturated carbocycles. The normalized spacial score (nSPS) is 19.6. The summed E-state index contributed by atoms with van der Waals surface area (Å²) < 4.78 is 0. The summed E-state index contributed by atoms with van der Waals surface area (Å²) in [5, 5.41) is 10.8. The number of carbonyl (C=O) groups excluding carboxylic acids is 1. The van der Waals surface area contributed by atoms with E-state index in [2.05, 4.69) is 4.90 Å². The zero-order valence-electron chi connectivity index (χ0n) is 10.3. The van der Waals surface area contributed by atoms with Crippen molar-refractivity contribution in [1.29, 1.82) is 0 Å². The molecule has 5 heteroatoms. The number of carbonyl (C=O) groups is 1. The van der Waals surface area contributed by atoms with Crippen molar-refractivity contribution >= 4 is 17.7 Å². The number of aryl methyl sites for hydroxylation is 1. The number of nitro benzene ring substituents is 1. The van der Waals surface area contributed by atoms with Crippen molar-refractivity contribution in [3.63, 3.8) is 0 Å². The lowest BCUT2D eigenvalue weighted by molar-refractivity contribution is -0.384. The SMILES string of the molecule is Cc1ccc([N+](=O)[O-])cc1N1CCCC(C=O)C1. The van der Waals surface area contributed by atoms with E-state index in [0.29, 0.717) is 6.54 Å². The number of nitro groups is 1. The van der Waals surface area contributed by atoms with E-state index in [0.717, 1.165) is 36.9 Å². The van der Waals surface area contributed by atoms with Crippen LogP contribution in [0, 0.1) is 23.0 Å². The van der Waals surface area contributed by atoms with Crippen molar-refractivity contribution in [3.8, 4) is 0 Å². The molecule has 1 unspecified atom stereocenters. The number of hydrogen-bond donors (Lipinski definition) is 0. The Labute approximate surface area is 106 Å². The van der Waals surface area contributed by atoms with Crippen LogP contribution < -0.4 is 4.90 Å². The maximum atomic E-state index is 10.9. The summed E-state index contributed by atoms with van der Waals surface area (Å²) >= 11 is 0. The molecule has 1 aliphatic heterocycles. The Kier molecular flexibility index (Phi) is 3.60. The standard InChI is InChI=1S/C13H16N2O3/c1-10-4-5-12(15(17)18)7-13(10)14-6-2-3-11(8-14)9-16/h4-5,7,9,11H,2-3,6,8H2,1H3. The number of aldehydes is 1. The number of hydrogen-bond acceptors (Lipinski definition) is 4. The highest BCUT2D eigenvalue weighted by Crippen LogP contribution is 2.28. The van der Waals surface area contributed by atoms with Gasteiger partial charge in [-0.25, -0.2) is 0 Å². The maximum absolute atomic E-state index is 10.9. The zero-order chi connectivity index (χ0) is 13.1. The molecule has 1 aliphatic rings. The lowest BCUT2D eigenvalue weighted by Crippen LogP contribution is -2.36. The number of non-ortho nitro benzene ring substituents is 1. The molecule has 1 saturated heterocycles. The second-order valence-corrected chi connectivity index (χ2v) is 4.71. The lowest BCUT2D eigenvalue weighted by Gasteiger charge is -2.33. The quantitative estimate of drug-likeness (QED) is 0.468. The topological polar surface area (TPSA) is 63.5 Å². The Morgan fingerprint density at radius 1 is 1.50 bits per heavy atom. The summed E-state index contributed by atoms with van der Waals surface area (Å²) in [5.74, 6) is 0.0393. The first-order valence-corrected chi connectivity index (χ1v) is 6.07. The van der Waals surface area contributed by atoms with Crippen LogP contribution in [0.5, 0.6) is 0 Å². The van der Waals surface area contributed by atoms with Crippen molar-refractivity contribution in [2.45, 2.75) is 19.8 Å². The molecule has 18 heavy (non-hydrogen) atoms. The minimum absolute atomic E-state index is 0.0393. The largest absolute Gasteiger partial charge is 0.370 e. The number of rotatable bonds is 3. The number of anilines is 1. The Balaban J connectivity index is 2.28. The Bertz CT molecular complexity index is 473. The fraction of sp³-hybridized carbons (Fsp3) is 0.462. The first-order chi connectivity index (χ1) is 8.61. The smallest absolute Gasteiger partial charge is 0.271 e. The second kappa shape index (κ2) is 5.16. The maximum Gasteiger partial charge on any atom is 0.271 e. The number of nitrogens with zero attached hydrogens (tertiary/aromatic N) is 2. The molecule has 0 amide bonds. The van der Waals surface area contributed by atoms with E-state index < -0.39 is 0 Å². The highest BCUT2D eigenvalue weighted by atomic mass is 16.6. The van der Waals surface area contributed by atoms with Gasteiger partial charge in [-0.05, 0) is 25.3 Å². The van der Waals surface area contributed by atoms with E-state index in [4.69, 9.17) is 0 Å². The van der Waals surface area contributed by atoms with Crippen LogP contribution in [0.4, 0.5) is 11.4 Å². The summed E-state index contributed by atoms with van der Waals surface area (Å²) in [6.45, 7) is 3.45. The zero-order valence-corrected chi connectivity index (χ0v) is 10.3. The molecular formula is C13H16N2O3. The van der Waals surface area contributed by atoms with Gasteiger partial charge in [0.2, 0.25) is 0 Å². The predicted molar refractivity (Wildman–Crippen MR) is 68.8 cm³/mol. The number of benzene rings is 1. The monoisotopic (exact) mass is 248 g/mol. The van der Waals surface area contributed by atoms with Crippen LogP contribution in [0.3, 0.4) is 0 Å². The van der Waals surface area contributed by atoms with E-state index in [1.54, 1.807) is 12.1 Å². The molecule has 1 heterocycles. The Hall–Kier alpha value is -1.91. The first kappa shape index (κ1) is 12.5. The van der Waals surface area contributed by atoms with Gasteiger partial charge in [0.05, 0.1) is 4.92 Å². The van der Waals surface area contributed by atoms with Gasteiger partial charge in [0.25, 0.3) is 5.69 Å². The van der Waals surface area contributed by atoms with E-state index in [-0.39, 0.29) is 16.5 Å². The predicted octanol–water partition coefficient (Wildman–Crippen LogP) is 2.32. The second-order valence-electron chi connectivity index (χ2n) is 4.71. The van der Waals surface area contributed by atoms with Gasteiger partial charge in [-0.2, -0.15) is 0 Å². The van der Waals surface area contributed by atoms with Gasteiger partial charge in [0.1, 0.15) is 6.29 Å². The minimum Gasteiger partial charge on any atom is -0.370 e. The van der Waals surface area contributed by atoms with Gasteiger partial charge in [0, 0.05) is 36.8 Å². The Morgan fingerprint density at radius 3 is 2.94 bits per heavy atom. The van der Waals surface area contributed by atoms with Crippen LogP contribution in [-0.2, 0) is 4.79 Å². The molecule has 1 aromatic rings. The van der Waals surface area contributed by atoms with Gasteiger partial charge in [0.15, 0.2) is 0 Å². The molecule has 0 bridgehead atoms. The van der Waals surface area contributed by atoms with E-state index >= 15 is 0 Å². The molecule has 1 fully saturated rings. The summed E-state index contributed by atoms with van der Waals surface area (Å²) in [6, 6.07) is 4.88. The third-order valence-corrected chi connectivity index (χ3v) is 3.39. The molecule has 96 valence electrons. The third kappa shape index (κ3) is 2.50. The molecular weight excluding hydrogens is 232 g/mol. The summed E-state index contributed by atoms with van der Waals surface area (Å²) in [7, 11) is 0. The van der Waals surface area contributed by atoms with Crippen LogP contribution >= 0.6 is 0 Å². The molecule has 0 N–H and O–H groups in total. The summed E-state index contributed by atoms with van der Waals surface area (Å²) in [6.07, 6.45) is 2.85. The van der Waals surface area contributed by atoms with E-state index in [9.17, 15) is 14.9 Å². The third-order valence-electron chi connectivity index (χ3n) is 3.39. The molecule has 5 nitrogen and oxygen atoms in total. The van der Waals surface area contributed by atoms with Crippen molar-refractivity contribution in [2.24, 2.45) is 5.92 Å². The van der Waals surface area contributed by atoms with Crippen LogP contribution in [0.1, 0.15) is 18.4 Å². The number of piperidine rings is 1. The lowest BCUT2D eigenvalue weighted by atomic mass is 9.98. The molecule has 0 radical (unpaired) electrons. The average molecular weight is 248 g/mol. The van der Waals surface area contributed by atoms with Gasteiger partial charge in [-0.15, -0.1) is 0 Å².